The van der Waals surface area contributed by atoms with Gasteiger partial charge in [-0.1, -0.05) is 206 Å². The molecule has 5 aromatic carbocycles. The topological polar surface area (TPSA) is 55.4 Å². The fraction of sp³-hybridized carbons (Fsp3) is 0.545. The number of unbranched alkanes of at least 4 members (excludes halogenated alkanes) is 20. The molecule has 1 atom stereocenters. The van der Waals surface area contributed by atoms with Crippen LogP contribution in [0.25, 0.3) is 33.4 Å². The van der Waals surface area contributed by atoms with Gasteiger partial charge in [-0.15, -0.1) is 0 Å². The van der Waals surface area contributed by atoms with Crippen LogP contribution < -0.4 is 18.9 Å². The molecule has 402 valence electrons. The van der Waals surface area contributed by atoms with Crippen molar-refractivity contribution in [3.63, 3.8) is 0 Å². The van der Waals surface area contributed by atoms with E-state index in [2.05, 4.69) is 138 Å². The molecule has 6 nitrogen and oxygen atoms in total. The smallest absolute Gasteiger partial charge is 0.145 e. The Morgan fingerprint density at radius 2 is 0.743 bits per heavy atom. The van der Waals surface area contributed by atoms with E-state index in [1.807, 2.05) is 14.2 Å². The van der Waals surface area contributed by atoms with E-state index in [0.29, 0.717) is 26.4 Å². The molecule has 5 aromatic rings. The average molecular weight is 1140 g/mol. The van der Waals surface area contributed by atoms with E-state index in [4.69, 9.17) is 28.4 Å². The molecule has 0 saturated heterocycles. The Morgan fingerprint density at radius 1 is 0.365 bits per heavy atom. The second-order valence-corrected chi connectivity index (χ2v) is 22.6. The number of ether oxygens (including phenoxy) is 6. The van der Waals surface area contributed by atoms with Gasteiger partial charge in [-0.05, 0) is 125 Å². The van der Waals surface area contributed by atoms with Gasteiger partial charge in [0.1, 0.15) is 34.7 Å². The first-order chi connectivity index (χ1) is 36.3. The van der Waals surface area contributed by atoms with Gasteiger partial charge in [0, 0.05) is 45.4 Å². The lowest BCUT2D eigenvalue weighted by Gasteiger charge is -2.33. The number of hydrogen-bond acceptors (Lipinski definition) is 6. The van der Waals surface area contributed by atoms with Gasteiger partial charge < -0.3 is 28.4 Å². The van der Waals surface area contributed by atoms with E-state index in [9.17, 15) is 0 Å². The van der Waals surface area contributed by atoms with Crippen molar-refractivity contribution in [2.45, 2.75) is 193 Å². The van der Waals surface area contributed by atoms with Crippen LogP contribution in [0.4, 0.5) is 0 Å². The fourth-order valence-electron chi connectivity index (χ4n) is 11.3. The molecule has 0 spiro atoms. The molecule has 0 radical (unpaired) electrons. The molecule has 74 heavy (non-hydrogen) atoms. The van der Waals surface area contributed by atoms with E-state index in [1.165, 1.54) is 128 Å². The third-order valence-electron chi connectivity index (χ3n) is 15.4. The maximum absolute atomic E-state index is 6.93. The van der Waals surface area contributed by atoms with Crippen molar-refractivity contribution >= 4 is 31.9 Å². The first-order valence-corrected chi connectivity index (χ1v) is 30.6. The highest BCUT2D eigenvalue weighted by molar-refractivity contribution is 9.11. The molecular formula is C66H88Br2O6. The first kappa shape index (κ1) is 57.9. The summed E-state index contributed by atoms with van der Waals surface area (Å²) in [5.74, 6) is 3.50. The Bertz CT molecular complexity index is 2450. The lowest BCUT2D eigenvalue weighted by molar-refractivity contribution is 0.0617. The molecule has 2 aliphatic rings. The number of hydrogen-bond donors (Lipinski definition) is 0. The molecule has 8 heteroatoms. The molecule has 0 bridgehead atoms. The first-order valence-electron chi connectivity index (χ1n) is 29.0. The molecule has 0 N–H and O–H groups in total. The minimum absolute atomic E-state index is 0.269. The minimum Gasteiger partial charge on any atom is -0.494 e. The van der Waals surface area contributed by atoms with Crippen molar-refractivity contribution in [3.8, 4) is 56.4 Å². The Hall–Kier alpha value is -3.82. The summed E-state index contributed by atoms with van der Waals surface area (Å²) in [6.07, 6.45) is 29.0. The summed E-state index contributed by atoms with van der Waals surface area (Å²) in [6.45, 7) is 11.9. The predicted molar refractivity (Wildman–Crippen MR) is 316 cm³/mol. The van der Waals surface area contributed by atoms with Gasteiger partial charge in [0.15, 0.2) is 0 Å². The normalized spacial score (nSPS) is 13.9. The summed E-state index contributed by atoms with van der Waals surface area (Å²) in [5, 5.41) is 0. The van der Waals surface area contributed by atoms with E-state index in [1.54, 1.807) is 0 Å². The minimum atomic E-state index is -0.929. The third kappa shape index (κ3) is 14.4. The molecule has 0 fully saturated rings. The molecule has 0 aromatic heterocycles. The van der Waals surface area contributed by atoms with Gasteiger partial charge >= 0.3 is 0 Å². The van der Waals surface area contributed by atoms with Crippen LogP contribution in [0.3, 0.4) is 0 Å². The number of halogens is 2. The van der Waals surface area contributed by atoms with Crippen LogP contribution in [-0.4, -0.2) is 40.6 Å². The van der Waals surface area contributed by atoms with E-state index < -0.39 is 5.60 Å². The van der Waals surface area contributed by atoms with Crippen molar-refractivity contribution < 1.29 is 28.4 Å². The predicted octanol–water partition coefficient (Wildman–Crippen LogP) is 20.5. The second kappa shape index (κ2) is 30.2. The van der Waals surface area contributed by atoms with E-state index >= 15 is 0 Å². The summed E-state index contributed by atoms with van der Waals surface area (Å²) in [4.78, 5) is 0. The zero-order valence-corrected chi connectivity index (χ0v) is 49.3. The molecule has 0 heterocycles. The van der Waals surface area contributed by atoms with Gasteiger partial charge in [0.25, 0.3) is 0 Å². The summed E-state index contributed by atoms with van der Waals surface area (Å²) in [6, 6.07) is 28.6. The molecule has 0 amide bonds. The highest BCUT2D eigenvalue weighted by atomic mass is 79.9. The van der Waals surface area contributed by atoms with Crippen LogP contribution in [0.1, 0.15) is 216 Å². The highest BCUT2D eigenvalue weighted by Gasteiger charge is 2.47. The number of fused-ring (bicyclic) bond motifs is 6. The second-order valence-electron chi connectivity index (χ2n) is 20.9. The van der Waals surface area contributed by atoms with Crippen LogP contribution in [0.15, 0.2) is 87.8 Å². The number of methoxy groups -OCH3 is 2. The summed E-state index contributed by atoms with van der Waals surface area (Å²) in [7, 11) is 3.66. The lowest BCUT2D eigenvalue weighted by atomic mass is 9.83. The Morgan fingerprint density at radius 3 is 1.18 bits per heavy atom. The Balaban J connectivity index is 1.24. The lowest BCUT2D eigenvalue weighted by Crippen LogP contribution is -2.29. The molecule has 1 unspecified atom stereocenters. The van der Waals surface area contributed by atoms with Crippen molar-refractivity contribution in [2.24, 2.45) is 0 Å². The van der Waals surface area contributed by atoms with E-state index in [0.717, 1.165) is 119 Å². The summed E-state index contributed by atoms with van der Waals surface area (Å²) in [5.41, 5.74) is 11.0. The van der Waals surface area contributed by atoms with Gasteiger partial charge in [-0.2, -0.15) is 0 Å². The van der Waals surface area contributed by atoms with Crippen molar-refractivity contribution in [1.29, 1.82) is 0 Å². The third-order valence-corrected chi connectivity index (χ3v) is 16.7. The summed E-state index contributed by atoms with van der Waals surface area (Å²) >= 11 is 8.37. The van der Waals surface area contributed by atoms with Crippen LogP contribution in [0, 0.1) is 0 Å². The van der Waals surface area contributed by atoms with Crippen molar-refractivity contribution in [1.82, 2.24) is 0 Å². The molecule has 7 rings (SSSR count). The molecule has 0 saturated carbocycles. The quantitative estimate of drug-likeness (QED) is 0.0373. The monoisotopic (exact) mass is 1130 g/mol. The maximum atomic E-state index is 6.93. The maximum Gasteiger partial charge on any atom is 0.145 e. The van der Waals surface area contributed by atoms with Crippen molar-refractivity contribution in [2.75, 3.05) is 40.6 Å². The molecular weight excluding hydrogens is 1050 g/mol. The average Bonchev–Trinajstić information content (AvgIpc) is 3.90. The van der Waals surface area contributed by atoms with Crippen LogP contribution in [0.2, 0.25) is 0 Å². The molecule has 0 aliphatic heterocycles. The summed E-state index contributed by atoms with van der Waals surface area (Å²) < 4.78 is 41.4. The number of rotatable bonds is 36. The van der Waals surface area contributed by atoms with Gasteiger partial charge in [-0.25, -0.2) is 0 Å². The number of benzene rings is 5. The van der Waals surface area contributed by atoms with Gasteiger partial charge in [0.2, 0.25) is 0 Å². The fourth-order valence-corrected chi connectivity index (χ4v) is 12.5. The van der Waals surface area contributed by atoms with Gasteiger partial charge in [-0.3, -0.25) is 0 Å². The van der Waals surface area contributed by atoms with E-state index in [-0.39, 0.29) is 6.10 Å². The van der Waals surface area contributed by atoms with Crippen LogP contribution in [0.5, 0.6) is 23.0 Å². The zero-order chi connectivity index (χ0) is 52.1. The molecule has 2 aliphatic carbocycles. The zero-order valence-electron chi connectivity index (χ0n) is 46.1. The van der Waals surface area contributed by atoms with Crippen molar-refractivity contribution in [3.05, 3.63) is 116 Å². The Labute approximate surface area is 463 Å². The Kier molecular flexibility index (Phi) is 23.6. The van der Waals surface area contributed by atoms with Crippen LogP contribution >= 0.6 is 31.9 Å². The largest absolute Gasteiger partial charge is 0.494 e. The van der Waals surface area contributed by atoms with Gasteiger partial charge in [0.05, 0.1) is 26.4 Å². The SMILES string of the molecule is CCCCCCCCOc1ccc2c(c1)-c1cc(OCCCCCCCC)cc(-c3cc(Br)c(C4(OC)c5ccc(OCCCCCCCC)cc5-c5cc(OCCCCCCCC)ccc54)cc3Br)c1C2OC. The highest BCUT2D eigenvalue weighted by Crippen LogP contribution is 2.58. The van der Waals surface area contributed by atoms with Crippen LogP contribution in [-0.2, 0) is 15.1 Å². The standard InChI is InChI=1S/C66H88Br2O6/c1-7-11-15-19-23-27-37-71-48-31-34-52-53(41-48)57-44-51(74-40-30-26-22-18-14-10-4)45-58(64(57)65(52)69-5)56-46-63(68)61(47-62(56)67)66(70-6)59-35-32-49(72-38-28-24-20-16-12-8-2)42-54(59)55-43-50(33-36-60(55)66)73-39-29-25-21-17-13-9-3/h31-36,41-47,65H,7-30,37-40H2,1-6H3.